The Hall–Kier alpha value is -1.19. The first kappa shape index (κ1) is 35.6. The van der Waals surface area contributed by atoms with E-state index < -0.39 is 101 Å². The molecule has 268 valence electrons. The minimum absolute atomic E-state index is 0.0396. The monoisotopic (exact) mass is 668 g/mol. The van der Waals surface area contributed by atoms with E-state index in [1.165, 1.54) is 0 Å². The minimum Gasteiger partial charge on any atom is -0.432 e. The van der Waals surface area contributed by atoms with E-state index in [4.69, 9.17) is 9.47 Å². The Kier molecular flexibility index (Phi) is 8.65. The molecule has 0 aromatic heterocycles. The lowest BCUT2D eigenvalue weighted by Crippen LogP contribution is -2.72. The van der Waals surface area contributed by atoms with Gasteiger partial charge in [0.2, 0.25) is 6.29 Å². The van der Waals surface area contributed by atoms with Crippen LogP contribution < -0.4 is 0 Å². The van der Waals surface area contributed by atoms with Crippen molar-refractivity contribution < 1.29 is 60.2 Å². The van der Waals surface area contributed by atoms with E-state index in [9.17, 15) is 50.8 Å². The summed E-state index contributed by atoms with van der Waals surface area (Å²) in [6.45, 7) is 8.93. The summed E-state index contributed by atoms with van der Waals surface area (Å²) in [5, 5.41) is 97.0. The van der Waals surface area contributed by atoms with Gasteiger partial charge in [-0.3, -0.25) is 4.79 Å². The van der Waals surface area contributed by atoms with Crippen molar-refractivity contribution in [3.63, 3.8) is 0 Å². The molecule has 0 spiro atoms. The summed E-state index contributed by atoms with van der Waals surface area (Å²) in [5.74, 6) is -1.95. The molecular weight excluding hydrogens is 612 g/mol. The molecular formula is C35H56O12. The van der Waals surface area contributed by atoms with Gasteiger partial charge >= 0.3 is 5.97 Å². The van der Waals surface area contributed by atoms with Crippen molar-refractivity contribution in [2.45, 2.75) is 140 Å². The third-order valence-electron chi connectivity index (χ3n) is 15.2. The van der Waals surface area contributed by atoms with E-state index in [-0.39, 0.29) is 23.7 Å². The lowest BCUT2D eigenvalue weighted by molar-refractivity contribution is -0.299. The van der Waals surface area contributed by atoms with Gasteiger partial charge in [0, 0.05) is 5.92 Å². The van der Waals surface area contributed by atoms with Crippen LogP contribution in [0, 0.1) is 45.3 Å². The van der Waals surface area contributed by atoms with Gasteiger partial charge < -0.3 is 55.4 Å². The molecule has 0 amide bonds. The first-order valence-corrected chi connectivity index (χ1v) is 17.4. The average Bonchev–Trinajstić information content (AvgIpc) is 3.02. The molecule has 5 fully saturated rings. The molecule has 9 N–H and O–H groups in total. The van der Waals surface area contributed by atoms with Crippen LogP contribution in [0.4, 0.5) is 0 Å². The maximum atomic E-state index is 14.4. The third-order valence-corrected chi connectivity index (χ3v) is 15.2. The maximum Gasteiger partial charge on any atom is 0.315 e. The van der Waals surface area contributed by atoms with Crippen molar-refractivity contribution in [3.8, 4) is 0 Å². The molecule has 1 saturated heterocycles. The van der Waals surface area contributed by atoms with Crippen LogP contribution in [0.3, 0.4) is 0 Å². The molecule has 0 aromatic carbocycles. The molecule has 0 bridgehead atoms. The average molecular weight is 669 g/mol. The summed E-state index contributed by atoms with van der Waals surface area (Å²) in [5.41, 5.74) is -4.85. The summed E-state index contributed by atoms with van der Waals surface area (Å²) >= 11 is 0. The molecule has 12 nitrogen and oxygen atoms in total. The van der Waals surface area contributed by atoms with Crippen LogP contribution >= 0.6 is 0 Å². The van der Waals surface area contributed by atoms with Gasteiger partial charge in [-0.25, -0.2) is 0 Å². The van der Waals surface area contributed by atoms with E-state index in [1.807, 2.05) is 6.92 Å². The Morgan fingerprint density at radius 3 is 2.23 bits per heavy atom. The van der Waals surface area contributed by atoms with E-state index in [0.29, 0.717) is 44.9 Å². The summed E-state index contributed by atoms with van der Waals surface area (Å²) in [7, 11) is 0. The van der Waals surface area contributed by atoms with Crippen LogP contribution in [0.2, 0.25) is 0 Å². The fourth-order valence-corrected chi connectivity index (χ4v) is 12.0. The second-order valence-corrected chi connectivity index (χ2v) is 17.0. The Balaban J connectivity index is 1.40. The van der Waals surface area contributed by atoms with E-state index in [0.717, 1.165) is 5.57 Å². The number of allylic oxidation sites excluding steroid dienone is 1. The fraction of sp³-hybridized carbons (Fsp3) is 0.914. The number of fused-ring (bicyclic) bond motifs is 7. The number of carbonyl (C=O) groups excluding carboxylic acids is 1. The number of aliphatic hydroxyl groups is 9. The minimum atomic E-state index is -1.84. The van der Waals surface area contributed by atoms with Gasteiger partial charge in [0.15, 0.2) is 0 Å². The third kappa shape index (κ3) is 4.59. The van der Waals surface area contributed by atoms with Crippen LogP contribution in [0.15, 0.2) is 11.6 Å². The second kappa shape index (κ2) is 11.4. The van der Waals surface area contributed by atoms with Gasteiger partial charge in [0.25, 0.3) is 0 Å². The predicted molar refractivity (Wildman–Crippen MR) is 166 cm³/mol. The van der Waals surface area contributed by atoms with Crippen molar-refractivity contribution in [1.29, 1.82) is 0 Å². The van der Waals surface area contributed by atoms with Gasteiger partial charge in [-0.2, -0.15) is 0 Å². The van der Waals surface area contributed by atoms with Gasteiger partial charge in [0.05, 0.1) is 30.3 Å². The Labute approximate surface area is 276 Å². The van der Waals surface area contributed by atoms with Gasteiger partial charge in [-0.15, -0.1) is 0 Å². The van der Waals surface area contributed by atoms with Crippen LogP contribution in [0.1, 0.15) is 86.0 Å². The number of ether oxygens (including phenoxy) is 2. The number of aliphatic hydroxyl groups excluding tert-OH is 7. The molecule has 6 aliphatic rings. The number of hydrogen-bond acceptors (Lipinski definition) is 12. The fourth-order valence-electron chi connectivity index (χ4n) is 12.0. The molecule has 4 saturated carbocycles. The summed E-state index contributed by atoms with van der Waals surface area (Å²) in [6.07, 6.45) is -4.47. The molecule has 12 heteroatoms. The van der Waals surface area contributed by atoms with E-state index in [2.05, 4.69) is 26.8 Å². The highest BCUT2D eigenvalue weighted by atomic mass is 16.7. The predicted octanol–water partition coefficient (Wildman–Crippen LogP) is 0.131. The van der Waals surface area contributed by atoms with Gasteiger partial charge in [-0.1, -0.05) is 39.3 Å². The first-order valence-electron chi connectivity index (χ1n) is 17.4. The summed E-state index contributed by atoms with van der Waals surface area (Å²) in [6, 6.07) is 0. The zero-order valence-electron chi connectivity index (χ0n) is 28.2. The lowest BCUT2D eigenvalue weighted by atomic mass is 9.33. The van der Waals surface area contributed by atoms with Crippen molar-refractivity contribution in [2.75, 3.05) is 13.2 Å². The highest BCUT2D eigenvalue weighted by Crippen LogP contribution is 2.75. The standard InChI is InChI=1S/C35H56O12/c1-17-8-11-34(29(43)47-28-25(41)24(40)23(39)20(15-36)46-28)13-12-31(3)18(26(34)33(17,5)44)6-7-21-30(2)14-19(38)27(42)35(45,16-37)22(30)9-10-32(21,31)4/h6,17,19-28,36-42,44-45H,7-16H2,1-5H3. The number of hydrogen-bond donors (Lipinski definition) is 9. The highest BCUT2D eigenvalue weighted by Gasteiger charge is 2.73. The normalized spacial score (nSPS) is 57.5. The first-order chi connectivity index (χ1) is 21.8. The molecule has 17 atom stereocenters. The van der Waals surface area contributed by atoms with Crippen molar-refractivity contribution in [1.82, 2.24) is 0 Å². The lowest BCUT2D eigenvalue weighted by Gasteiger charge is -2.71. The highest BCUT2D eigenvalue weighted by molar-refractivity contribution is 5.79. The quantitative estimate of drug-likeness (QED) is 0.144. The Bertz CT molecular complexity index is 1270. The van der Waals surface area contributed by atoms with E-state index >= 15 is 0 Å². The summed E-state index contributed by atoms with van der Waals surface area (Å²) < 4.78 is 11.4. The Morgan fingerprint density at radius 2 is 1.60 bits per heavy atom. The number of carbonyl (C=O) groups is 1. The largest absolute Gasteiger partial charge is 0.432 e. The zero-order chi connectivity index (χ0) is 34.7. The van der Waals surface area contributed by atoms with E-state index in [1.54, 1.807) is 6.92 Å². The molecule has 47 heavy (non-hydrogen) atoms. The van der Waals surface area contributed by atoms with Crippen LogP contribution in [0.5, 0.6) is 0 Å². The number of esters is 1. The molecule has 0 aromatic rings. The second-order valence-electron chi connectivity index (χ2n) is 17.0. The Morgan fingerprint density at radius 1 is 0.915 bits per heavy atom. The topological polar surface area (TPSA) is 218 Å². The SMILES string of the molecule is CC1CCC2(C(=O)OC3OC(CO)C(O)C(O)C3O)CCC3(C)C(=CCC4C5(C)CC(O)C(O)C(O)(CO)C5CCC43C)C2C1(C)O. The molecule has 17 unspecified atom stereocenters. The molecule has 5 aliphatic carbocycles. The van der Waals surface area contributed by atoms with Gasteiger partial charge in [0.1, 0.15) is 36.1 Å². The molecule has 1 heterocycles. The molecule has 1 aliphatic heterocycles. The van der Waals surface area contributed by atoms with Crippen LogP contribution in [-0.4, -0.2) is 119 Å². The van der Waals surface area contributed by atoms with Gasteiger partial charge in [-0.05, 0) is 92.3 Å². The van der Waals surface area contributed by atoms with Crippen molar-refractivity contribution in [2.24, 2.45) is 45.3 Å². The van der Waals surface area contributed by atoms with Crippen LogP contribution in [-0.2, 0) is 14.3 Å². The number of rotatable bonds is 4. The maximum absolute atomic E-state index is 14.4. The molecule has 6 rings (SSSR count). The van der Waals surface area contributed by atoms with Crippen molar-refractivity contribution in [3.05, 3.63) is 11.6 Å². The molecule has 0 radical (unpaired) electrons. The van der Waals surface area contributed by atoms with Crippen molar-refractivity contribution >= 4 is 5.97 Å². The zero-order valence-corrected chi connectivity index (χ0v) is 28.2. The smallest absolute Gasteiger partial charge is 0.315 e. The summed E-state index contributed by atoms with van der Waals surface area (Å²) in [4.78, 5) is 14.4. The van der Waals surface area contributed by atoms with Crippen LogP contribution in [0.25, 0.3) is 0 Å².